The smallest absolute Gasteiger partial charge is 0.167 e. The van der Waals surface area contributed by atoms with Crippen LogP contribution in [0.2, 0.25) is 5.02 Å². The number of rotatable bonds is 2. The Morgan fingerprint density at radius 2 is 2.30 bits per heavy atom. The molecule has 2 aromatic heterocycles. The minimum atomic E-state index is -2.62. The van der Waals surface area contributed by atoms with Crippen molar-refractivity contribution in [2.75, 3.05) is 23.7 Å². The van der Waals surface area contributed by atoms with Crippen molar-refractivity contribution in [3.8, 4) is 6.07 Å². The summed E-state index contributed by atoms with van der Waals surface area (Å²) in [5.74, 6) is 0.797. The van der Waals surface area contributed by atoms with E-state index in [0.29, 0.717) is 36.3 Å². The lowest BCUT2D eigenvalue weighted by Gasteiger charge is -2.47. The highest BCUT2D eigenvalue weighted by Crippen LogP contribution is 2.47. The minimum Gasteiger partial charge on any atom is -0.354 e. The van der Waals surface area contributed by atoms with Gasteiger partial charge in [0.15, 0.2) is 12.0 Å². The first-order chi connectivity index (χ1) is 10.9. The first-order valence-corrected chi connectivity index (χ1v) is 9.09. The van der Waals surface area contributed by atoms with Crippen molar-refractivity contribution in [1.82, 2.24) is 9.38 Å². The normalized spacial score (nSPS) is 21.9. The van der Waals surface area contributed by atoms with Crippen LogP contribution in [0.4, 0.5) is 5.82 Å². The Balaban J connectivity index is 2.17. The summed E-state index contributed by atoms with van der Waals surface area (Å²) in [7, 11) is -2.62. The molecule has 2 aromatic rings. The zero-order chi connectivity index (χ0) is 16.8. The van der Waals surface area contributed by atoms with E-state index in [1.54, 1.807) is 11.3 Å². The zero-order valence-electron chi connectivity index (χ0n) is 12.3. The van der Waals surface area contributed by atoms with Crippen LogP contribution in [-0.2, 0) is 0 Å². The highest BCUT2D eigenvalue weighted by atomic mass is 35.5. The third-order valence-electron chi connectivity index (χ3n) is 4.08. The third-order valence-corrected chi connectivity index (χ3v) is 6.59. The van der Waals surface area contributed by atoms with E-state index in [2.05, 4.69) is 4.98 Å². The van der Waals surface area contributed by atoms with Gasteiger partial charge < -0.3 is 4.90 Å². The number of carbonyl (C=O) groups is 1. The van der Waals surface area contributed by atoms with Crippen LogP contribution in [0, 0.1) is 11.3 Å². The van der Waals surface area contributed by atoms with Crippen LogP contribution in [0.25, 0.3) is 5.52 Å². The molecule has 23 heavy (non-hydrogen) atoms. The topological polar surface area (TPSA) is 102 Å². The van der Waals surface area contributed by atoms with Crippen LogP contribution in [0.15, 0.2) is 12.4 Å². The predicted octanol–water partition coefficient (Wildman–Crippen LogP) is 2.63. The summed E-state index contributed by atoms with van der Waals surface area (Å²) in [6, 6.07) is 3.49. The number of halogens is 1. The second kappa shape index (κ2) is 5.69. The zero-order valence-corrected chi connectivity index (χ0v) is 13.9. The second-order valence-electron chi connectivity index (χ2n) is 5.49. The number of aldehydes is 1. The number of fused-ring (bicyclic) bond motifs is 1. The number of hydrogen-bond donors (Lipinski definition) is 2. The van der Waals surface area contributed by atoms with Gasteiger partial charge in [0.05, 0.1) is 21.6 Å². The molecule has 1 fully saturated rings. The van der Waals surface area contributed by atoms with Crippen LogP contribution in [-0.4, -0.2) is 48.9 Å². The van der Waals surface area contributed by atoms with Crippen LogP contribution in [0.5, 0.6) is 0 Å². The van der Waals surface area contributed by atoms with Gasteiger partial charge in [-0.3, -0.25) is 18.3 Å². The molecule has 0 amide bonds. The lowest BCUT2D eigenvalue weighted by molar-refractivity contribution is 0.112. The molecular weight excluding hydrogens is 340 g/mol. The molecule has 9 heteroatoms. The van der Waals surface area contributed by atoms with Gasteiger partial charge in [0.25, 0.3) is 0 Å². The van der Waals surface area contributed by atoms with E-state index in [4.69, 9.17) is 16.9 Å². The molecule has 1 aliphatic heterocycles. The number of anilines is 1. The summed E-state index contributed by atoms with van der Waals surface area (Å²) < 4.78 is 21.6. The number of nitrogens with zero attached hydrogens (tertiary/aromatic N) is 4. The molecule has 1 aliphatic rings. The Morgan fingerprint density at radius 3 is 2.91 bits per heavy atom. The Hall–Kier alpha value is -1.79. The second-order valence-corrected chi connectivity index (χ2v) is 8.55. The van der Waals surface area contributed by atoms with Gasteiger partial charge in [-0.1, -0.05) is 11.6 Å². The molecule has 0 saturated carbocycles. The van der Waals surface area contributed by atoms with Crippen molar-refractivity contribution < 1.29 is 13.9 Å². The van der Waals surface area contributed by atoms with Gasteiger partial charge >= 0.3 is 0 Å². The largest absolute Gasteiger partial charge is 0.354 e. The summed E-state index contributed by atoms with van der Waals surface area (Å²) in [6.45, 7) is 2.55. The SMILES string of the molecule is CC1CN(c2c(C=O)cc(Cl)c3c(C#N)ncn23)CCS1(O)O. The number of hydrogen-bond acceptors (Lipinski definition) is 6. The summed E-state index contributed by atoms with van der Waals surface area (Å²) in [4.78, 5) is 17.4. The van der Waals surface area contributed by atoms with Gasteiger partial charge in [-0.05, 0) is 13.0 Å². The molecule has 2 N–H and O–H groups in total. The highest BCUT2D eigenvalue weighted by Gasteiger charge is 2.32. The summed E-state index contributed by atoms with van der Waals surface area (Å²) in [5.41, 5.74) is 0.998. The highest BCUT2D eigenvalue weighted by molar-refractivity contribution is 8.24. The van der Waals surface area contributed by atoms with E-state index in [0.717, 1.165) is 0 Å². The minimum absolute atomic E-state index is 0.183. The molecule has 3 rings (SSSR count). The van der Waals surface area contributed by atoms with Crippen LogP contribution < -0.4 is 4.90 Å². The molecule has 0 aromatic carbocycles. The standard InChI is InChI=1S/C14H15ClN4O3S/c1-9-6-18(2-3-23(9,21)22)14-10(7-20)4-11(15)13-12(5-16)17-8-19(13)14/h4,7-9,21-22H,2-3,6H2,1H3. The van der Waals surface area contributed by atoms with Gasteiger partial charge in [-0.15, -0.1) is 0 Å². The molecule has 1 unspecified atom stereocenters. The maximum Gasteiger partial charge on any atom is 0.167 e. The lowest BCUT2D eigenvalue weighted by atomic mass is 10.2. The Kier molecular flexibility index (Phi) is 3.98. The predicted molar refractivity (Wildman–Crippen MR) is 89.7 cm³/mol. The fourth-order valence-corrected chi connectivity index (χ4v) is 4.42. The molecule has 1 saturated heterocycles. The van der Waals surface area contributed by atoms with Gasteiger partial charge in [-0.25, -0.2) is 4.98 Å². The Labute approximate surface area is 139 Å². The molecule has 0 spiro atoms. The van der Waals surface area contributed by atoms with E-state index in [1.165, 1.54) is 12.4 Å². The number of imidazole rings is 1. The summed E-state index contributed by atoms with van der Waals surface area (Å²) >= 11 is 6.19. The van der Waals surface area contributed by atoms with Crippen molar-refractivity contribution in [3.63, 3.8) is 0 Å². The maximum absolute atomic E-state index is 11.5. The molecule has 1 atom stereocenters. The lowest BCUT2D eigenvalue weighted by Crippen LogP contribution is -2.44. The fourth-order valence-electron chi connectivity index (χ4n) is 2.81. The Bertz CT molecular complexity index is 830. The van der Waals surface area contributed by atoms with E-state index in [1.807, 2.05) is 11.0 Å². The molecule has 0 radical (unpaired) electrons. The Morgan fingerprint density at radius 1 is 1.57 bits per heavy atom. The maximum atomic E-state index is 11.5. The number of carbonyl (C=O) groups excluding carboxylic acids is 1. The third kappa shape index (κ3) is 2.56. The first-order valence-electron chi connectivity index (χ1n) is 6.93. The average molecular weight is 355 g/mol. The van der Waals surface area contributed by atoms with Gasteiger partial charge in [-0.2, -0.15) is 15.9 Å². The van der Waals surface area contributed by atoms with Crippen molar-refractivity contribution in [2.24, 2.45) is 0 Å². The van der Waals surface area contributed by atoms with E-state index >= 15 is 0 Å². The summed E-state index contributed by atoms with van der Waals surface area (Å²) in [5, 5.41) is 9.11. The average Bonchev–Trinajstić information content (AvgIpc) is 2.94. The van der Waals surface area contributed by atoms with E-state index in [-0.39, 0.29) is 21.7 Å². The molecular formula is C14H15ClN4O3S. The monoisotopic (exact) mass is 354 g/mol. The number of nitriles is 1. The molecule has 122 valence electrons. The molecule has 3 heterocycles. The van der Waals surface area contributed by atoms with E-state index in [9.17, 15) is 13.9 Å². The quantitative estimate of drug-likeness (QED) is 0.804. The van der Waals surface area contributed by atoms with Gasteiger partial charge in [0.1, 0.15) is 23.7 Å². The fraction of sp³-hybridized carbons (Fsp3) is 0.357. The molecule has 0 aliphatic carbocycles. The van der Waals surface area contributed by atoms with Crippen LogP contribution in [0.1, 0.15) is 23.0 Å². The number of pyridine rings is 1. The van der Waals surface area contributed by atoms with Gasteiger partial charge in [0, 0.05) is 13.1 Å². The van der Waals surface area contributed by atoms with Crippen LogP contribution in [0.3, 0.4) is 0 Å². The molecule has 7 nitrogen and oxygen atoms in total. The first kappa shape index (κ1) is 16.1. The van der Waals surface area contributed by atoms with Crippen LogP contribution >= 0.6 is 22.2 Å². The summed E-state index contributed by atoms with van der Waals surface area (Å²) in [6.07, 6.45) is 2.16. The number of aromatic nitrogens is 2. The van der Waals surface area contributed by atoms with Crippen molar-refractivity contribution in [2.45, 2.75) is 12.2 Å². The van der Waals surface area contributed by atoms with Crippen molar-refractivity contribution >= 4 is 39.8 Å². The van der Waals surface area contributed by atoms with Crippen molar-refractivity contribution in [1.29, 1.82) is 5.26 Å². The molecule has 0 bridgehead atoms. The van der Waals surface area contributed by atoms with Crippen molar-refractivity contribution in [3.05, 3.63) is 28.7 Å². The van der Waals surface area contributed by atoms with Gasteiger partial charge in [0.2, 0.25) is 0 Å². The van der Waals surface area contributed by atoms with E-state index < -0.39 is 10.6 Å².